The maximum Gasteiger partial charge on any atom is 0.411 e. The molecule has 1 aliphatic heterocycles. The summed E-state index contributed by atoms with van der Waals surface area (Å²) in [5.74, 6) is -0.234. The molecule has 1 aliphatic rings. The van der Waals surface area contributed by atoms with Crippen LogP contribution in [-0.2, 0) is 9.53 Å². The number of carbonyl (C=O) groups is 2. The Bertz CT molecular complexity index is 325. The zero-order chi connectivity index (χ0) is 13.9. The molecule has 6 nitrogen and oxygen atoms in total. The van der Waals surface area contributed by atoms with Crippen LogP contribution in [-0.4, -0.2) is 46.4 Å². The van der Waals surface area contributed by atoms with Crippen molar-refractivity contribution in [3.8, 4) is 0 Å². The fourth-order valence-electron chi connectivity index (χ4n) is 1.86. The number of amides is 2. The third-order valence-corrected chi connectivity index (χ3v) is 2.57. The molecule has 0 aliphatic carbocycles. The molecule has 0 radical (unpaired) electrons. The van der Waals surface area contributed by atoms with Gasteiger partial charge in [-0.25, -0.2) is 4.79 Å². The van der Waals surface area contributed by atoms with Gasteiger partial charge in [-0.2, -0.15) is 0 Å². The minimum atomic E-state index is -0.575. The van der Waals surface area contributed by atoms with Crippen molar-refractivity contribution in [2.24, 2.45) is 0 Å². The third kappa shape index (κ3) is 4.52. The highest BCUT2D eigenvalue weighted by Crippen LogP contribution is 2.19. The van der Waals surface area contributed by atoms with E-state index in [1.54, 1.807) is 20.8 Å². The Morgan fingerprint density at radius 3 is 2.50 bits per heavy atom. The molecule has 2 unspecified atom stereocenters. The van der Waals surface area contributed by atoms with Crippen molar-refractivity contribution >= 4 is 12.0 Å². The van der Waals surface area contributed by atoms with E-state index in [1.807, 2.05) is 0 Å². The molecule has 1 heterocycles. The van der Waals surface area contributed by atoms with Gasteiger partial charge in [0, 0.05) is 19.9 Å². The van der Waals surface area contributed by atoms with Crippen molar-refractivity contribution in [2.45, 2.75) is 58.4 Å². The molecule has 1 fully saturated rings. The summed E-state index contributed by atoms with van der Waals surface area (Å²) in [6, 6.07) is 0. The number of aliphatic hydroxyl groups is 1. The molecule has 18 heavy (non-hydrogen) atoms. The SMILES string of the molecule is CC(=O)NC1CC(O)CCN1C(=O)OC(C)(C)C. The van der Waals surface area contributed by atoms with Crippen LogP contribution in [0.15, 0.2) is 0 Å². The van der Waals surface area contributed by atoms with Gasteiger partial charge in [0.1, 0.15) is 11.8 Å². The van der Waals surface area contributed by atoms with Crippen molar-refractivity contribution in [1.29, 1.82) is 0 Å². The van der Waals surface area contributed by atoms with Crippen molar-refractivity contribution in [2.75, 3.05) is 6.54 Å². The first-order chi connectivity index (χ1) is 8.19. The van der Waals surface area contributed by atoms with E-state index >= 15 is 0 Å². The molecular weight excluding hydrogens is 236 g/mol. The second kappa shape index (κ2) is 5.56. The molecule has 2 atom stereocenters. The topological polar surface area (TPSA) is 78.9 Å². The van der Waals surface area contributed by atoms with E-state index < -0.39 is 24.0 Å². The lowest BCUT2D eigenvalue weighted by Crippen LogP contribution is -2.56. The van der Waals surface area contributed by atoms with E-state index in [-0.39, 0.29) is 5.91 Å². The van der Waals surface area contributed by atoms with Gasteiger partial charge in [-0.05, 0) is 27.2 Å². The fraction of sp³-hybridized carbons (Fsp3) is 0.833. The average Bonchev–Trinajstić information content (AvgIpc) is 2.13. The maximum atomic E-state index is 12.0. The van der Waals surface area contributed by atoms with Crippen LogP contribution in [0, 0.1) is 0 Å². The van der Waals surface area contributed by atoms with Gasteiger partial charge in [-0.1, -0.05) is 0 Å². The van der Waals surface area contributed by atoms with Crippen LogP contribution in [0.2, 0.25) is 0 Å². The van der Waals surface area contributed by atoms with E-state index in [2.05, 4.69) is 5.32 Å². The standard InChI is InChI=1S/C12H22N2O4/c1-8(15)13-10-7-9(16)5-6-14(10)11(17)18-12(2,3)4/h9-10,16H,5-7H2,1-4H3,(H,13,15). The number of hydrogen-bond acceptors (Lipinski definition) is 4. The number of nitrogens with zero attached hydrogens (tertiary/aromatic N) is 1. The molecule has 104 valence electrons. The van der Waals surface area contributed by atoms with Crippen LogP contribution in [0.3, 0.4) is 0 Å². The summed E-state index contributed by atoms with van der Waals surface area (Å²) in [5.41, 5.74) is -0.575. The first-order valence-corrected chi connectivity index (χ1v) is 6.14. The molecule has 0 aromatic rings. The van der Waals surface area contributed by atoms with Crippen LogP contribution < -0.4 is 5.32 Å². The van der Waals surface area contributed by atoms with E-state index in [1.165, 1.54) is 11.8 Å². The summed E-state index contributed by atoms with van der Waals surface area (Å²) >= 11 is 0. The third-order valence-electron chi connectivity index (χ3n) is 2.57. The molecule has 6 heteroatoms. The van der Waals surface area contributed by atoms with Crippen molar-refractivity contribution in [1.82, 2.24) is 10.2 Å². The Balaban J connectivity index is 2.70. The molecule has 2 N–H and O–H groups in total. The van der Waals surface area contributed by atoms with Crippen LogP contribution in [0.4, 0.5) is 4.79 Å². The number of carbonyl (C=O) groups excluding carboxylic acids is 2. The first kappa shape index (κ1) is 14.8. The van der Waals surface area contributed by atoms with Gasteiger partial charge in [-0.15, -0.1) is 0 Å². The zero-order valence-corrected chi connectivity index (χ0v) is 11.4. The fourth-order valence-corrected chi connectivity index (χ4v) is 1.86. The lowest BCUT2D eigenvalue weighted by atomic mass is 10.1. The van der Waals surface area contributed by atoms with Crippen LogP contribution >= 0.6 is 0 Å². The maximum absolute atomic E-state index is 12.0. The van der Waals surface area contributed by atoms with Crippen LogP contribution in [0.5, 0.6) is 0 Å². The highest BCUT2D eigenvalue weighted by Gasteiger charge is 2.33. The molecule has 0 aromatic heterocycles. The Morgan fingerprint density at radius 1 is 1.39 bits per heavy atom. The van der Waals surface area contributed by atoms with Gasteiger partial charge in [0.15, 0.2) is 0 Å². The summed E-state index contributed by atoms with van der Waals surface area (Å²) in [4.78, 5) is 24.5. The molecule has 0 spiro atoms. The highest BCUT2D eigenvalue weighted by atomic mass is 16.6. The Labute approximate surface area is 107 Å². The first-order valence-electron chi connectivity index (χ1n) is 6.14. The van der Waals surface area contributed by atoms with Gasteiger partial charge >= 0.3 is 6.09 Å². The largest absolute Gasteiger partial charge is 0.444 e. The highest BCUT2D eigenvalue weighted by molar-refractivity contribution is 5.74. The average molecular weight is 258 g/mol. The van der Waals surface area contributed by atoms with Crippen LogP contribution in [0.25, 0.3) is 0 Å². The van der Waals surface area contributed by atoms with Gasteiger partial charge < -0.3 is 15.2 Å². The lowest BCUT2D eigenvalue weighted by molar-refractivity contribution is -0.121. The smallest absolute Gasteiger partial charge is 0.411 e. The van der Waals surface area contributed by atoms with Crippen molar-refractivity contribution in [3.63, 3.8) is 0 Å². The van der Waals surface area contributed by atoms with Crippen molar-refractivity contribution in [3.05, 3.63) is 0 Å². The van der Waals surface area contributed by atoms with Gasteiger partial charge in [0.05, 0.1) is 6.10 Å². The number of hydrogen-bond donors (Lipinski definition) is 2. The second-order valence-electron chi connectivity index (χ2n) is 5.57. The Hall–Kier alpha value is -1.30. The number of piperidine rings is 1. The number of aliphatic hydroxyl groups excluding tert-OH is 1. The minimum absolute atomic E-state index is 0.234. The van der Waals surface area contributed by atoms with Gasteiger partial charge in [-0.3, -0.25) is 9.69 Å². The predicted octanol–water partition coefficient (Wildman–Crippen LogP) is 0.840. The van der Waals surface area contributed by atoms with Gasteiger partial charge in [0.2, 0.25) is 5.91 Å². The van der Waals surface area contributed by atoms with E-state index in [0.717, 1.165) is 0 Å². The zero-order valence-electron chi connectivity index (χ0n) is 11.4. The monoisotopic (exact) mass is 258 g/mol. The Morgan fingerprint density at radius 2 is 2.00 bits per heavy atom. The van der Waals surface area contributed by atoms with E-state index in [0.29, 0.717) is 19.4 Å². The summed E-state index contributed by atoms with van der Waals surface area (Å²) in [6.45, 7) is 7.13. The van der Waals surface area contributed by atoms with Gasteiger partial charge in [0.25, 0.3) is 0 Å². The van der Waals surface area contributed by atoms with Crippen molar-refractivity contribution < 1.29 is 19.4 Å². The number of nitrogens with one attached hydrogen (secondary N) is 1. The predicted molar refractivity (Wildman–Crippen MR) is 65.8 cm³/mol. The van der Waals surface area contributed by atoms with E-state index in [4.69, 9.17) is 4.74 Å². The number of likely N-dealkylation sites (tertiary alicyclic amines) is 1. The molecule has 0 saturated carbocycles. The van der Waals surface area contributed by atoms with E-state index in [9.17, 15) is 14.7 Å². The summed E-state index contributed by atoms with van der Waals surface area (Å²) in [7, 11) is 0. The van der Waals surface area contributed by atoms with Crippen LogP contribution in [0.1, 0.15) is 40.5 Å². The summed E-state index contributed by atoms with van der Waals surface area (Å²) in [5, 5.41) is 12.2. The lowest BCUT2D eigenvalue weighted by Gasteiger charge is -2.38. The Kier molecular flexibility index (Phi) is 4.56. The molecule has 2 amide bonds. The quantitative estimate of drug-likeness (QED) is 0.730. The molecule has 1 saturated heterocycles. The number of rotatable bonds is 1. The minimum Gasteiger partial charge on any atom is -0.444 e. The summed E-state index contributed by atoms with van der Waals surface area (Å²) < 4.78 is 5.28. The molecule has 0 aromatic carbocycles. The normalized spacial score (nSPS) is 24.6. The number of ether oxygens (including phenoxy) is 1. The molecular formula is C12H22N2O4. The molecule has 1 rings (SSSR count). The summed E-state index contributed by atoms with van der Waals surface area (Å²) in [6.07, 6.45) is -0.636. The molecule has 0 bridgehead atoms. The second-order valence-corrected chi connectivity index (χ2v) is 5.57.